The summed E-state index contributed by atoms with van der Waals surface area (Å²) in [4.78, 5) is 31.4. The van der Waals surface area contributed by atoms with Crippen molar-refractivity contribution < 1.29 is 19.6 Å². The van der Waals surface area contributed by atoms with Crippen LogP contribution in [0.3, 0.4) is 0 Å². The van der Waals surface area contributed by atoms with Crippen molar-refractivity contribution in [3.05, 3.63) is 22.4 Å². The molecule has 0 atom stereocenters. The van der Waals surface area contributed by atoms with Gasteiger partial charge < -0.3 is 20.5 Å². The largest absolute Gasteiger partial charge is 0.476 e. The summed E-state index contributed by atoms with van der Waals surface area (Å²) in [6.45, 7) is 7.36. The van der Waals surface area contributed by atoms with Crippen molar-refractivity contribution in [2.24, 2.45) is 5.73 Å². The van der Waals surface area contributed by atoms with Gasteiger partial charge >= 0.3 is 5.69 Å². The standard InChI is InChI=1S/C22H35N5O5/c1-16(2)26(17-6-8-22(29,9-7-17)21(23)28)18-14-20(24-15-19(18)27(30)31)32-13-12-25-10-4-3-5-11-25/h14-17,29H,3-13H2,1-2H3,(H2,23,28). The molecule has 178 valence electrons. The van der Waals surface area contributed by atoms with Crippen LogP contribution in [0.1, 0.15) is 58.8 Å². The van der Waals surface area contributed by atoms with Crippen LogP contribution in [-0.2, 0) is 4.79 Å². The number of likely N-dealkylation sites (tertiary alicyclic amines) is 1. The fraction of sp³-hybridized carbons (Fsp3) is 0.727. The summed E-state index contributed by atoms with van der Waals surface area (Å²) in [5, 5.41) is 22.2. The predicted octanol–water partition coefficient (Wildman–Crippen LogP) is 2.23. The van der Waals surface area contributed by atoms with Crippen molar-refractivity contribution in [2.45, 2.75) is 76.5 Å². The number of primary amides is 1. The molecule has 10 heteroatoms. The molecule has 10 nitrogen and oxygen atoms in total. The van der Waals surface area contributed by atoms with Crippen LogP contribution in [0, 0.1) is 10.1 Å². The molecule has 1 saturated carbocycles. The third-order valence-corrected chi connectivity index (χ3v) is 6.61. The second-order valence-electron chi connectivity index (χ2n) is 9.15. The Morgan fingerprint density at radius 1 is 1.38 bits per heavy atom. The topological polar surface area (TPSA) is 135 Å². The Bertz CT molecular complexity index is 804. The van der Waals surface area contributed by atoms with Crippen LogP contribution in [0.5, 0.6) is 5.88 Å². The molecule has 3 N–H and O–H groups in total. The van der Waals surface area contributed by atoms with Crippen LogP contribution in [0.2, 0.25) is 0 Å². The Morgan fingerprint density at radius 3 is 2.59 bits per heavy atom. The zero-order valence-corrected chi connectivity index (χ0v) is 19.0. The first-order valence-electron chi connectivity index (χ1n) is 11.5. The van der Waals surface area contributed by atoms with Crippen molar-refractivity contribution in [1.29, 1.82) is 0 Å². The van der Waals surface area contributed by atoms with E-state index in [-0.39, 0.29) is 30.6 Å². The monoisotopic (exact) mass is 449 g/mol. The molecular weight excluding hydrogens is 414 g/mol. The van der Waals surface area contributed by atoms with Crippen LogP contribution in [-0.4, -0.2) is 69.7 Å². The molecule has 2 heterocycles. The minimum atomic E-state index is -1.51. The molecule has 0 aromatic carbocycles. The van der Waals surface area contributed by atoms with Crippen molar-refractivity contribution >= 4 is 17.3 Å². The van der Waals surface area contributed by atoms with Gasteiger partial charge in [-0.1, -0.05) is 6.42 Å². The van der Waals surface area contributed by atoms with Gasteiger partial charge in [-0.25, -0.2) is 4.98 Å². The zero-order chi connectivity index (χ0) is 23.3. The number of piperidine rings is 1. The van der Waals surface area contributed by atoms with E-state index in [0.29, 0.717) is 31.0 Å². The van der Waals surface area contributed by atoms with Crippen LogP contribution < -0.4 is 15.4 Å². The molecule has 0 unspecified atom stereocenters. The first-order chi connectivity index (χ1) is 15.2. The molecule has 1 aliphatic heterocycles. The van der Waals surface area contributed by atoms with Crippen molar-refractivity contribution in [1.82, 2.24) is 9.88 Å². The zero-order valence-electron chi connectivity index (χ0n) is 19.0. The number of carbonyl (C=O) groups is 1. The van der Waals surface area contributed by atoms with Gasteiger partial charge in [0.05, 0.1) is 4.92 Å². The SMILES string of the molecule is CC(C)N(c1cc(OCCN2CCCCC2)ncc1[N+](=O)[O-])C1CCC(O)(C(N)=O)CC1. The van der Waals surface area contributed by atoms with Crippen molar-refractivity contribution in [2.75, 3.05) is 31.1 Å². The first-order valence-corrected chi connectivity index (χ1v) is 11.5. The maximum atomic E-state index is 11.7. The molecule has 1 saturated heterocycles. The number of hydrogen-bond donors (Lipinski definition) is 2. The molecule has 0 spiro atoms. The van der Waals surface area contributed by atoms with Gasteiger partial charge in [-0.3, -0.25) is 19.8 Å². The summed E-state index contributed by atoms with van der Waals surface area (Å²) >= 11 is 0. The van der Waals surface area contributed by atoms with E-state index in [1.54, 1.807) is 6.07 Å². The van der Waals surface area contributed by atoms with Crippen molar-refractivity contribution in [3.63, 3.8) is 0 Å². The highest BCUT2D eigenvalue weighted by atomic mass is 16.6. The number of pyridine rings is 1. The Hall–Kier alpha value is -2.46. The normalized spacial score (nSPS) is 24.3. The van der Waals surface area contributed by atoms with E-state index in [1.165, 1.54) is 25.5 Å². The van der Waals surface area contributed by atoms with Gasteiger partial charge in [0.2, 0.25) is 11.8 Å². The van der Waals surface area contributed by atoms with Gasteiger partial charge in [-0.2, -0.15) is 0 Å². The summed E-state index contributed by atoms with van der Waals surface area (Å²) in [6.07, 6.45) is 6.40. The maximum Gasteiger partial charge on any atom is 0.310 e. The van der Waals surface area contributed by atoms with Gasteiger partial charge in [0.1, 0.15) is 24.1 Å². The first kappa shape index (κ1) is 24.2. The molecular formula is C22H35N5O5. The number of amides is 1. The second-order valence-corrected chi connectivity index (χ2v) is 9.15. The Labute approximate surface area is 188 Å². The summed E-state index contributed by atoms with van der Waals surface area (Å²) in [5.74, 6) is -0.357. The van der Waals surface area contributed by atoms with Crippen LogP contribution in [0.25, 0.3) is 0 Å². The number of nitrogens with two attached hydrogens (primary N) is 1. The molecule has 0 radical (unpaired) electrons. The van der Waals surface area contributed by atoms with E-state index >= 15 is 0 Å². The summed E-state index contributed by atoms with van der Waals surface area (Å²) < 4.78 is 5.86. The van der Waals surface area contributed by atoms with Gasteiger partial charge in [0.25, 0.3) is 0 Å². The highest BCUT2D eigenvalue weighted by Crippen LogP contribution is 2.38. The minimum Gasteiger partial charge on any atom is -0.476 e. The lowest BCUT2D eigenvalue weighted by atomic mass is 9.80. The number of nitro groups is 1. The minimum absolute atomic E-state index is 0.0397. The fourth-order valence-corrected chi connectivity index (χ4v) is 4.81. The van der Waals surface area contributed by atoms with Crippen molar-refractivity contribution in [3.8, 4) is 5.88 Å². The number of carbonyl (C=O) groups excluding carboxylic acids is 1. The van der Waals surface area contributed by atoms with Crippen LogP contribution in [0.15, 0.2) is 12.3 Å². The lowest BCUT2D eigenvalue weighted by Gasteiger charge is -2.42. The third kappa shape index (κ3) is 5.66. The number of aliphatic hydroxyl groups is 1. The lowest BCUT2D eigenvalue weighted by Crippen LogP contribution is -2.51. The smallest absolute Gasteiger partial charge is 0.310 e. The average Bonchev–Trinajstić information content (AvgIpc) is 2.76. The number of anilines is 1. The van der Waals surface area contributed by atoms with E-state index in [2.05, 4.69) is 9.88 Å². The Kier molecular flexibility index (Phi) is 7.89. The van der Waals surface area contributed by atoms with Crippen LogP contribution in [0.4, 0.5) is 11.4 Å². The number of nitrogens with zero attached hydrogens (tertiary/aromatic N) is 4. The molecule has 32 heavy (non-hydrogen) atoms. The average molecular weight is 450 g/mol. The highest BCUT2D eigenvalue weighted by Gasteiger charge is 2.41. The van der Waals surface area contributed by atoms with E-state index in [4.69, 9.17) is 10.5 Å². The molecule has 2 aliphatic rings. The van der Waals surface area contributed by atoms with E-state index in [0.717, 1.165) is 19.6 Å². The van der Waals surface area contributed by atoms with E-state index in [1.807, 2.05) is 18.7 Å². The number of rotatable bonds is 9. The number of aromatic nitrogens is 1. The van der Waals surface area contributed by atoms with Gasteiger partial charge in [-0.05, 0) is 65.5 Å². The molecule has 0 bridgehead atoms. The molecule has 1 amide bonds. The maximum absolute atomic E-state index is 11.7. The van der Waals surface area contributed by atoms with E-state index < -0.39 is 16.4 Å². The summed E-state index contributed by atoms with van der Waals surface area (Å²) in [6, 6.07) is 1.53. The lowest BCUT2D eigenvalue weighted by molar-refractivity contribution is -0.384. The Morgan fingerprint density at radius 2 is 2.03 bits per heavy atom. The van der Waals surface area contributed by atoms with Gasteiger partial charge in [0.15, 0.2) is 0 Å². The Balaban J connectivity index is 1.76. The molecule has 1 aliphatic carbocycles. The summed E-state index contributed by atoms with van der Waals surface area (Å²) in [7, 11) is 0. The molecule has 1 aromatic rings. The fourth-order valence-electron chi connectivity index (χ4n) is 4.81. The van der Waals surface area contributed by atoms with Gasteiger partial charge in [0, 0.05) is 24.7 Å². The van der Waals surface area contributed by atoms with Gasteiger partial charge in [-0.15, -0.1) is 0 Å². The number of ether oxygens (including phenoxy) is 1. The van der Waals surface area contributed by atoms with Crippen LogP contribution >= 0.6 is 0 Å². The van der Waals surface area contributed by atoms with E-state index in [9.17, 15) is 20.0 Å². The molecule has 1 aromatic heterocycles. The quantitative estimate of drug-likeness (QED) is 0.433. The highest BCUT2D eigenvalue weighted by molar-refractivity contribution is 5.83. The molecule has 2 fully saturated rings. The third-order valence-electron chi connectivity index (χ3n) is 6.61. The summed E-state index contributed by atoms with van der Waals surface area (Å²) in [5.41, 5.74) is 4.21. The number of hydrogen-bond acceptors (Lipinski definition) is 8. The predicted molar refractivity (Wildman–Crippen MR) is 121 cm³/mol. The molecule has 3 rings (SSSR count). The second kappa shape index (κ2) is 10.4.